The fraction of sp³-hybridized carbons (Fsp3) is 0.632. The number of rotatable bonds is 1. The van der Waals surface area contributed by atoms with Crippen LogP contribution in [-0.2, 0) is 4.79 Å². The SMILES string of the molecule is C[C@]12C=CC(=O)C=C1C=C[C@H]1[C@@H]3CCC[C@@]3(CO)CC[C@@H]12. The van der Waals surface area contributed by atoms with E-state index in [9.17, 15) is 9.90 Å². The van der Waals surface area contributed by atoms with Crippen LogP contribution in [0.4, 0.5) is 0 Å². The molecule has 2 heteroatoms. The summed E-state index contributed by atoms with van der Waals surface area (Å²) >= 11 is 0. The molecule has 112 valence electrons. The Kier molecular flexibility index (Phi) is 2.85. The molecular weight excluding hydrogens is 260 g/mol. The number of allylic oxidation sites excluding steroid dienone is 6. The molecule has 4 aliphatic carbocycles. The molecule has 0 bridgehead atoms. The monoisotopic (exact) mass is 284 g/mol. The molecule has 0 aromatic heterocycles. The van der Waals surface area contributed by atoms with Crippen molar-refractivity contribution in [3.8, 4) is 0 Å². The Morgan fingerprint density at radius 1 is 1.24 bits per heavy atom. The van der Waals surface area contributed by atoms with Crippen molar-refractivity contribution >= 4 is 5.78 Å². The molecule has 2 fully saturated rings. The molecule has 5 atom stereocenters. The van der Waals surface area contributed by atoms with Crippen molar-refractivity contribution in [1.29, 1.82) is 0 Å². The van der Waals surface area contributed by atoms with Crippen molar-refractivity contribution in [3.05, 3.63) is 36.0 Å². The minimum absolute atomic E-state index is 0.0114. The van der Waals surface area contributed by atoms with Gasteiger partial charge in [0.05, 0.1) is 0 Å². The van der Waals surface area contributed by atoms with E-state index in [1.807, 2.05) is 6.08 Å². The Labute approximate surface area is 126 Å². The number of aliphatic hydroxyl groups is 1. The van der Waals surface area contributed by atoms with Gasteiger partial charge in [-0.05, 0) is 66.6 Å². The normalized spacial score (nSPS) is 47.6. The predicted molar refractivity (Wildman–Crippen MR) is 82.6 cm³/mol. The van der Waals surface area contributed by atoms with Crippen LogP contribution in [0.2, 0.25) is 0 Å². The van der Waals surface area contributed by atoms with Gasteiger partial charge in [0, 0.05) is 12.0 Å². The number of ketones is 1. The van der Waals surface area contributed by atoms with Crippen molar-refractivity contribution in [2.75, 3.05) is 6.61 Å². The summed E-state index contributed by atoms with van der Waals surface area (Å²) < 4.78 is 0. The second-order valence-electron chi connectivity index (χ2n) is 7.72. The lowest BCUT2D eigenvalue weighted by atomic mass is 9.50. The van der Waals surface area contributed by atoms with Crippen LogP contribution in [0.25, 0.3) is 0 Å². The zero-order chi connectivity index (χ0) is 14.7. The van der Waals surface area contributed by atoms with E-state index < -0.39 is 0 Å². The predicted octanol–water partition coefficient (Wildman–Crippen LogP) is 3.43. The van der Waals surface area contributed by atoms with Crippen LogP contribution in [0.15, 0.2) is 36.0 Å². The number of carbonyl (C=O) groups is 1. The van der Waals surface area contributed by atoms with Crippen molar-refractivity contribution in [1.82, 2.24) is 0 Å². The van der Waals surface area contributed by atoms with Crippen molar-refractivity contribution in [2.45, 2.75) is 39.0 Å². The molecule has 4 rings (SSSR count). The van der Waals surface area contributed by atoms with Crippen molar-refractivity contribution < 1.29 is 9.90 Å². The molecule has 21 heavy (non-hydrogen) atoms. The first-order valence-corrected chi connectivity index (χ1v) is 8.33. The van der Waals surface area contributed by atoms with E-state index in [1.54, 1.807) is 6.08 Å². The zero-order valence-corrected chi connectivity index (χ0v) is 12.7. The molecule has 2 saturated carbocycles. The highest BCUT2D eigenvalue weighted by Gasteiger charge is 2.55. The standard InChI is InChI=1S/C19H24O2/c1-18-9-6-14(21)11-13(18)4-5-15-16(18)7-10-19(12-20)8-2-3-17(15)19/h4-6,9,11,15-17,20H,2-3,7-8,10,12H2,1H3/t15-,16+,17+,18+,19+/m1/s1. The van der Waals surface area contributed by atoms with E-state index in [2.05, 4.69) is 25.2 Å². The summed E-state index contributed by atoms with van der Waals surface area (Å²) in [5, 5.41) is 9.98. The molecule has 0 saturated heterocycles. The van der Waals surface area contributed by atoms with Gasteiger partial charge in [-0.1, -0.05) is 31.6 Å². The maximum Gasteiger partial charge on any atom is 0.178 e. The number of aliphatic hydroxyl groups excluding tert-OH is 1. The molecule has 0 aromatic rings. The van der Waals surface area contributed by atoms with Gasteiger partial charge in [-0.3, -0.25) is 4.79 Å². The van der Waals surface area contributed by atoms with Crippen LogP contribution >= 0.6 is 0 Å². The summed E-state index contributed by atoms with van der Waals surface area (Å²) in [5.41, 5.74) is 1.38. The average Bonchev–Trinajstić information content (AvgIpc) is 2.92. The second kappa shape index (κ2) is 4.42. The smallest absolute Gasteiger partial charge is 0.178 e. The van der Waals surface area contributed by atoms with E-state index in [-0.39, 0.29) is 16.6 Å². The average molecular weight is 284 g/mol. The number of hydrogen-bond donors (Lipinski definition) is 1. The molecule has 0 unspecified atom stereocenters. The van der Waals surface area contributed by atoms with Gasteiger partial charge in [-0.15, -0.1) is 0 Å². The van der Waals surface area contributed by atoms with E-state index in [0.717, 1.165) is 6.42 Å². The van der Waals surface area contributed by atoms with Gasteiger partial charge in [0.1, 0.15) is 0 Å². The van der Waals surface area contributed by atoms with Gasteiger partial charge in [0.25, 0.3) is 0 Å². The number of carbonyl (C=O) groups excluding carboxylic acids is 1. The summed E-state index contributed by atoms with van der Waals surface area (Å²) in [6.45, 7) is 2.65. The molecule has 1 N–H and O–H groups in total. The number of hydrogen-bond acceptors (Lipinski definition) is 2. The van der Waals surface area contributed by atoms with Gasteiger partial charge < -0.3 is 5.11 Å². The van der Waals surface area contributed by atoms with Crippen LogP contribution < -0.4 is 0 Å². The molecule has 0 heterocycles. The van der Waals surface area contributed by atoms with Crippen LogP contribution in [0, 0.1) is 28.6 Å². The minimum Gasteiger partial charge on any atom is -0.396 e. The van der Waals surface area contributed by atoms with Gasteiger partial charge in [-0.25, -0.2) is 0 Å². The minimum atomic E-state index is 0.0114. The molecular formula is C19H24O2. The van der Waals surface area contributed by atoms with Crippen LogP contribution in [0.1, 0.15) is 39.0 Å². The lowest BCUT2D eigenvalue weighted by Gasteiger charge is -2.54. The van der Waals surface area contributed by atoms with Crippen LogP contribution in [0.3, 0.4) is 0 Å². The van der Waals surface area contributed by atoms with Gasteiger partial charge in [0.15, 0.2) is 5.78 Å². The fourth-order valence-electron chi connectivity index (χ4n) is 5.72. The molecule has 0 amide bonds. The van der Waals surface area contributed by atoms with Crippen LogP contribution in [0.5, 0.6) is 0 Å². The Bertz CT molecular complexity index is 570. The Morgan fingerprint density at radius 3 is 2.90 bits per heavy atom. The highest BCUT2D eigenvalue weighted by atomic mass is 16.3. The molecule has 4 aliphatic rings. The van der Waals surface area contributed by atoms with Gasteiger partial charge >= 0.3 is 0 Å². The largest absolute Gasteiger partial charge is 0.396 e. The highest BCUT2D eigenvalue weighted by Crippen LogP contribution is 2.62. The molecule has 0 spiro atoms. The fourth-order valence-corrected chi connectivity index (χ4v) is 5.72. The Balaban J connectivity index is 1.76. The second-order valence-corrected chi connectivity index (χ2v) is 7.72. The van der Waals surface area contributed by atoms with Gasteiger partial charge in [0.2, 0.25) is 0 Å². The van der Waals surface area contributed by atoms with E-state index in [4.69, 9.17) is 0 Å². The summed E-state index contributed by atoms with van der Waals surface area (Å²) in [4.78, 5) is 11.7. The first-order valence-electron chi connectivity index (χ1n) is 8.33. The lowest BCUT2D eigenvalue weighted by Crippen LogP contribution is -2.48. The lowest BCUT2D eigenvalue weighted by molar-refractivity contribution is -0.110. The first-order chi connectivity index (χ1) is 10.1. The number of fused-ring (bicyclic) bond motifs is 5. The highest BCUT2D eigenvalue weighted by molar-refractivity contribution is 6.01. The third-order valence-electron chi connectivity index (χ3n) is 6.96. The Morgan fingerprint density at radius 2 is 2.10 bits per heavy atom. The van der Waals surface area contributed by atoms with Crippen molar-refractivity contribution in [3.63, 3.8) is 0 Å². The van der Waals surface area contributed by atoms with Gasteiger partial charge in [-0.2, -0.15) is 0 Å². The van der Waals surface area contributed by atoms with Crippen LogP contribution in [-0.4, -0.2) is 17.5 Å². The summed E-state index contributed by atoms with van der Waals surface area (Å²) in [6.07, 6.45) is 16.3. The van der Waals surface area contributed by atoms with Crippen molar-refractivity contribution in [2.24, 2.45) is 28.6 Å². The molecule has 0 aliphatic heterocycles. The maximum absolute atomic E-state index is 11.7. The molecule has 0 aromatic carbocycles. The third-order valence-corrected chi connectivity index (χ3v) is 6.96. The Hall–Kier alpha value is -1.15. The quantitative estimate of drug-likeness (QED) is 0.801. The summed E-state index contributed by atoms with van der Waals surface area (Å²) in [6, 6.07) is 0. The van der Waals surface area contributed by atoms with E-state index in [0.29, 0.717) is 24.4 Å². The summed E-state index contributed by atoms with van der Waals surface area (Å²) in [7, 11) is 0. The summed E-state index contributed by atoms with van der Waals surface area (Å²) in [5.74, 6) is 1.89. The maximum atomic E-state index is 11.7. The van der Waals surface area contributed by atoms with E-state index in [1.165, 1.54) is 31.3 Å². The molecule has 2 nitrogen and oxygen atoms in total. The first kappa shape index (κ1) is 13.5. The van der Waals surface area contributed by atoms with E-state index >= 15 is 0 Å². The third kappa shape index (κ3) is 1.72. The topological polar surface area (TPSA) is 37.3 Å². The zero-order valence-electron chi connectivity index (χ0n) is 12.7. The molecule has 0 radical (unpaired) electrons.